The number of hydrogen-bond acceptors (Lipinski definition) is 4. The summed E-state index contributed by atoms with van der Waals surface area (Å²) in [7, 11) is -3.72. The summed E-state index contributed by atoms with van der Waals surface area (Å²) in [5.41, 5.74) is 1.36. The van der Waals surface area contributed by atoms with E-state index in [-0.39, 0.29) is 15.8 Å². The molecule has 1 atom stereocenters. The number of rotatable bonds is 5. The van der Waals surface area contributed by atoms with Gasteiger partial charge < -0.3 is 10.6 Å². The van der Waals surface area contributed by atoms with Crippen LogP contribution in [0.3, 0.4) is 0 Å². The minimum atomic E-state index is -3.72. The highest BCUT2D eigenvalue weighted by Gasteiger charge is 2.35. The first-order chi connectivity index (χ1) is 12.4. The highest BCUT2D eigenvalue weighted by molar-refractivity contribution is 7.99. The number of carbonyl (C=O) groups excluding carboxylic acids is 1. The second-order valence-corrected chi connectivity index (χ2v) is 9.09. The Morgan fingerprint density at radius 1 is 1.00 bits per heavy atom. The molecule has 5 nitrogen and oxygen atoms in total. The zero-order valence-corrected chi connectivity index (χ0v) is 16.2. The first kappa shape index (κ1) is 18.5. The van der Waals surface area contributed by atoms with E-state index in [2.05, 4.69) is 10.6 Å². The van der Waals surface area contributed by atoms with Gasteiger partial charge in [-0.1, -0.05) is 35.9 Å². The van der Waals surface area contributed by atoms with Gasteiger partial charge in [-0.3, -0.25) is 0 Å². The predicted octanol–water partition coefficient (Wildman–Crippen LogP) is 3.47. The van der Waals surface area contributed by atoms with Crippen molar-refractivity contribution in [1.29, 1.82) is 0 Å². The molecule has 2 aromatic rings. The van der Waals surface area contributed by atoms with Gasteiger partial charge in [0.15, 0.2) is 0 Å². The maximum Gasteiger partial charge on any atom is 0.319 e. The fraction of sp³-hybridized carbons (Fsp3) is 0.211. The molecule has 26 heavy (non-hydrogen) atoms. The summed E-state index contributed by atoms with van der Waals surface area (Å²) in [6, 6.07) is 15.4. The van der Waals surface area contributed by atoms with Crippen LogP contribution in [0.2, 0.25) is 0 Å². The summed E-state index contributed by atoms with van der Waals surface area (Å²) in [4.78, 5) is 13.3. The van der Waals surface area contributed by atoms with Crippen LogP contribution in [0.5, 0.6) is 0 Å². The first-order valence-electron chi connectivity index (χ1n) is 8.16. The molecule has 2 amide bonds. The van der Waals surface area contributed by atoms with Crippen LogP contribution in [0.15, 0.2) is 75.0 Å². The van der Waals surface area contributed by atoms with Crippen molar-refractivity contribution in [3.8, 4) is 0 Å². The van der Waals surface area contributed by atoms with E-state index in [4.69, 9.17) is 0 Å². The van der Waals surface area contributed by atoms with Gasteiger partial charge >= 0.3 is 6.03 Å². The molecule has 0 saturated carbocycles. The van der Waals surface area contributed by atoms with Gasteiger partial charge in [-0.15, -0.1) is 11.8 Å². The Labute approximate surface area is 157 Å². The molecular weight excluding hydrogens is 368 g/mol. The van der Waals surface area contributed by atoms with E-state index < -0.39 is 15.9 Å². The summed E-state index contributed by atoms with van der Waals surface area (Å²) in [6.45, 7) is 3.53. The second kappa shape index (κ2) is 7.55. The Morgan fingerprint density at radius 2 is 1.65 bits per heavy atom. The van der Waals surface area contributed by atoms with Crippen molar-refractivity contribution in [3.05, 3.63) is 70.8 Å². The van der Waals surface area contributed by atoms with Gasteiger partial charge in [0.05, 0.1) is 15.8 Å². The molecule has 1 unspecified atom stereocenters. The Bertz CT molecular complexity index is 937. The number of nitrogens with one attached hydrogen (secondary N) is 2. The molecular formula is C19H20N2O3S2. The van der Waals surface area contributed by atoms with E-state index in [1.165, 1.54) is 11.8 Å². The molecule has 2 N–H and O–H groups in total. The van der Waals surface area contributed by atoms with Crippen molar-refractivity contribution in [2.75, 3.05) is 5.75 Å². The first-order valence-corrected chi connectivity index (χ1v) is 10.6. The quantitative estimate of drug-likeness (QED) is 0.769. The molecule has 3 rings (SSSR count). The molecule has 1 aliphatic rings. The van der Waals surface area contributed by atoms with Crippen molar-refractivity contribution < 1.29 is 13.2 Å². The van der Waals surface area contributed by atoms with Crippen LogP contribution in [0.25, 0.3) is 0 Å². The smallest absolute Gasteiger partial charge is 0.319 e. The summed E-state index contributed by atoms with van der Waals surface area (Å²) in [5.74, 6) is 0.426. The van der Waals surface area contributed by atoms with Crippen molar-refractivity contribution in [2.45, 2.75) is 29.7 Å². The number of sulfone groups is 1. The third-order valence-electron chi connectivity index (χ3n) is 4.07. The minimum absolute atomic E-state index is 0.212. The van der Waals surface area contributed by atoms with Crippen molar-refractivity contribution in [1.82, 2.24) is 10.6 Å². The summed E-state index contributed by atoms with van der Waals surface area (Å²) in [5, 5.41) is 5.33. The van der Waals surface area contributed by atoms with Crippen LogP contribution >= 0.6 is 11.8 Å². The summed E-state index contributed by atoms with van der Waals surface area (Å²) in [6.07, 6.45) is 0. The maximum atomic E-state index is 13.2. The molecule has 0 spiro atoms. The number of allylic oxidation sites excluding steroid dienone is 1. The largest absolute Gasteiger partial charge is 0.329 e. The van der Waals surface area contributed by atoms with Crippen LogP contribution in [0, 0.1) is 6.92 Å². The molecule has 1 heterocycles. The van der Waals surface area contributed by atoms with Crippen molar-refractivity contribution in [2.24, 2.45) is 0 Å². The van der Waals surface area contributed by atoms with E-state index in [9.17, 15) is 13.2 Å². The molecule has 0 saturated heterocycles. The lowest BCUT2D eigenvalue weighted by Gasteiger charge is -2.28. The molecule has 0 radical (unpaired) electrons. The van der Waals surface area contributed by atoms with Crippen LogP contribution in [0.4, 0.5) is 4.79 Å². The number of amides is 2. The highest BCUT2D eigenvalue weighted by atomic mass is 32.2. The number of aryl methyl sites for hydroxylation is 1. The van der Waals surface area contributed by atoms with Gasteiger partial charge in [-0.2, -0.15) is 0 Å². The van der Waals surface area contributed by atoms with Gasteiger partial charge in [0.1, 0.15) is 0 Å². The molecule has 0 aromatic heterocycles. The van der Waals surface area contributed by atoms with Crippen molar-refractivity contribution in [3.63, 3.8) is 0 Å². The standard InChI is InChI=1S/C19H20N2O3S2/c1-13-8-10-16(11-9-13)26(23,24)18-14(2)20-19(22)21-17(18)12-25-15-6-4-3-5-7-15/h3-11,17H,12H2,1-2H3,(H2,20,21,22). The van der Waals surface area contributed by atoms with E-state index in [0.29, 0.717) is 11.4 Å². The normalized spacial score (nSPS) is 17.6. The average Bonchev–Trinajstić information content (AvgIpc) is 2.60. The fourth-order valence-corrected chi connectivity index (χ4v) is 5.58. The third kappa shape index (κ3) is 3.94. The van der Waals surface area contributed by atoms with E-state index in [1.807, 2.05) is 37.3 Å². The van der Waals surface area contributed by atoms with E-state index in [1.54, 1.807) is 31.2 Å². The molecule has 0 bridgehead atoms. The molecule has 7 heteroatoms. The Balaban J connectivity index is 1.93. The maximum absolute atomic E-state index is 13.2. The predicted molar refractivity (Wildman–Crippen MR) is 104 cm³/mol. The highest BCUT2D eigenvalue weighted by Crippen LogP contribution is 2.29. The van der Waals surface area contributed by atoms with Gasteiger partial charge in [-0.05, 0) is 38.1 Å². The number of carbonyl (C=O) groups is 1. The van der Waals surface area contributed by atoms with Crippen LogP contribution in [-0.4, -0.2) is 26.2 Å². The van der Waals surface area contributed by atoms with Gasteiger partial charge in [-0.25, -0.2) is 13.2 Å². The van der Waals surface area contributed by atoms with Crippen LogP contribution < -0.4 is 10.6 Å². The molecule has 136 valence electrons. The summed E-state index contributed by atoms with van der Waals surface area (Å²) >= 11 is 1.51. The summed E-state index contributed by atoms with van der Waals surface area (Å²) < 4.78 is 26.4. The minimum Gasteiger partial charge on any atom is -0.329 e. The molecule has 0 aliphatic carbocycles. The zero-order chi connectivity index (χ0) is 18.7. The second-order valence-electron chi connectivity index (χ2n) is 6.08. The van der Waals surface area contributed by atoms with E-state index >= 15 is 0 Å². The number of thioether (sulfide) groups is 1. The molecule has 1 aliphatic heterocycles. The number of benzene rings is 2. The lowest BCUT2D eigenvalue weighted by atomic mass is 10.2. The Morgan fingerprint density at radius 3 is 2.31 bits per heavy atom. The molecule has 0 fully saturated rings. The lowest BCUT2D eigenvalue weighted by Crippen LogP contribution is -2.50. The van der Waals surface area contributed by atoms with Crippen molar-refractivity contribution >= 4 is 27.6 Å². The van der Waals surface area contributed by atoms with Gasteiger partial charge in [0.2, 0.25) is 9.84 Å². The van der Waals surface area contributed by atoms with Crippen LogP contribution in [-0.2, 0) is 9.84 Å². The molecule has 2 aromatic carbocycles. The Hall–Kier alpha value is -2.25. The van der Waals surface area contributed by atoms with Gasteiger partial charge in [0.25, 0.3) is 0 Å². The zero-order valence-electron chi connectivity index (χ0n) is 14.5. The van der Waals surface area contributed by atoms with E-state index in [0.717, 1.165) is 10.5 Å². The van der Waals surface area contributed by atoms with Crippen LogP contribution in [0.1, 0.15) is 12.5 Å². The average molecular weight is 389 g/mol. The fourth-order valence-electron chi connectivity index (χ4n) is 2.80. The van der Waals surface area contributed by atoms with Gasteiger partial charge in [0, 0.05) is 16.3 Å². The lowest BCUT2D eigenvalue weighted by molar-refractivity contribution is 0.240. The topological polar surface area (TPSA) is 75.3 Å². The monoisotopic (exact) mass is 388 g/mol. The third-order valence-corrected chi connectivity index (χ3v) is 7.24. The SMILES string of the molecule is CC1=C(S(=O)(=O)c2ccc(C)cc2)C(CSc2ccccc2)NC(=O)N1. The number of urea groups is 1. The number of hydrogen-bond donors (Lipinski definition) is 2. The Kier molecular flexibility index (Phi) is 5.38.